The van der Waals surface area contributed by atoms with Crippen LogP contribution in [0.5, 0.6) is 0 Å². The molecule has 150 valence electrons. The fourth-order valence-corrected chi connectivity index (χ4v) is 2.72. The van der Waals surface area contributed by atoms with Crippen LogP contribution in [0.1, 0.15) is 28.8 Å². The normalized spacial score (nSPS) is 11.1. The van der Waals surface area contributed by atoms with Gasteiger partial charge in [-0.05, 0) is 32.0 Å². The lowest BCUT2D eigenvalue weighted by Crippen LogP contribution is -2.41. The van der Waals surface area contributed by atoms with Crippen LogP contribution in [0.15, 0.2) is 56.5 Å². The Hall–Kier alpha value is -2.49. The largest absolute Gasteiger partial charge is 0.459 e. The third kappa shape index (κ3) is 5.51. The second-order valence-corrected chi connectivity index (χ2v) is 6.00. The first-order valence-electron chi connectivity index (χ1n) is 9.00. The number of hydrogen-bond acceptors (Lipinski definition) is 4. The van der Waals surface area contributed by atoms with E-state index in [4.69, 9.17) is 8.83 Å². The maximum Gasteiger partial charge on any atom is 0.287 e. The van der Waals surface area contributed by atoms with E-state index in [1.807, 2.05) is 38.1 Å². The van der Waals surface area contributed by atoms with Crippen LogP contribution in [0.2, 0.25) is 0 Å². The van der Waals surface area contributed by atoms with E-state index in [0.29, 0.717) is 31.4 Å². The van der Waals surface area contributed by atoms with Crippen molar-refractivity contribution in [3.8, 4) is 0 Å². The molecule has 0 aliphatic rings. The van der Waals surface area contributed by atoms with E-state index in [9.17, 15) is 4.79 Å². The molecule has 0 aliphatic carbocycles. The minimum absolute atomic E-state index is 0. The number of aliphatic imine (C=N–C) groups is 1. The Kier molecular flexibility index (Phi) is 8.37. The lowest BCUT2D eigenvalue weighted by atomic mass is 10.1. The summed E-state index contributed by atoms with van der Waals surface area (Å²) < 4.78 is 11.0. The Morgan fingerprint density at radius 1 is 1.07 bits per heavy atom. The number of carbonyl (C=O) groups is 1. The van der Waals surface area contributed by atoms with E-state index in [0.717, 1.165) is 28.8 Å². The summed E-state index contributed by atoms with van der Waals surface area (Å²) in [6, 6.07) is 11.3. The van der Waals surface area contributed by atoms with Gasteiger partial charge < -0.3 is 24.8 Å². The van der Waals surface area contributed by atoms with Crippen LogP contribution in [0.3, 0.4) is 0 Å². The molecule has 0 aliphatic heterocycles. The molecular weight excluding hydrogens is 471 g/mol. The highest BCUT2D eigenvalue weighted by Crippen LogP contribution is 2.25. The number of nitrogens with one attached hydrogen (secondary N) is 3. The third-order valence-corrected chi connectivity index (χ3v) is 4.12. The summed E-state index contributed by atoms with van der Waals surface area (Å²) in [4.78, 5) is 16.4. The molecule has 0 bridgehead atoms. The Labute approximate surface area is 181 Å². The maximum absolute atomic E-state index is 11.8. The van der Waals surface area contributed by atoms with E-state index in [1.165, 1.54) is 6.26 Å². The van der Waals surface area contributed by atoms with Crippen molar-refractivity contribution in [2.75, 3.05) is 19.6 Å². The van der Waals surface area contributed by atoms with E-state index in [1.54, 1.807) is 12.1 Å². The Bertz CT molecular complexity index is 919. The average molecular weight is 496 g/mol. The van der Waals surface area contributed by atoms with Gasteiger partial charge in [-0.2, -0.15) is 0 Å². The van der Waals surface area contributed by atoms with Crippen molar-refractivity contribution in [3.63, 3.8) is 0 Å². The maximum atomic E-state index is 11.8. The second kappa shape index (κ2) is 10.7. The molecule has 0 unspecified atom stereocenters. The number of hydrogen-bond donors (Lipinski definition) is 3. The number of aryl methyl sites for hydroxylation is 1. The highest BCUT2D eigenvalue weighted by molar-refractivity contribution is 14.0. The van der Waals surface area contributed by atoms with Gasteiger partial charge in [-0.25, -0.2) is 4.99 Å². The van der Waals surface area contributed by atoms with Gasteiger partial charge in [0.05, 0.1) is 6.26 Å². The van der Waals surface area contributed by atoms with Crippen LogP contribution in [0.4, 0.5) is 0 Å². The number of para-hydroxylation sites is 1. The molecule has 0 spiro atoms. The van der Waals surface area contributed by atoms with Crippen molar-refractivity contribution in [3.05, 3.63) is 59.7 Å². The lowest BCUT2D eigenvalue weighted by Gasteiger charge is -2.11. The van der Waals surface area contributed by atoms with Crippen molar-refractivity contribution in [1.82, 2.24) is 16.0 Å². The molecule has 8 heteroatoms. The number of furan rings is 2. The summed E-state index contributed by atoms with van der Waals surface area (Å²) in [5, 5.41) is 10.3. The average Bonchev–Trinajstić information content (AvgIpc) is 3.32. The molecule has 0 saturated carbocycles. The molecule has 0 fully saturated rings. The highest BCUT2D eigenvalue weighted by atomic mass is 127. The van der Waals surface area contributed by atoms with Crippen LogP contribution >= 0.6 is 24.0 Å². The van der Waals surface area contributed by atoms with Crippen LogP contribution in [0, 0.1) is 6.92 Å². The third-order valence-electron chi connectivity index (χ3n) is 4.12. The molecule has 28 heavy (non-hydrogen) atoms. The predicted molar refractivity (Wildman–Crippen MR) is 120 cm³/mol. The summed E-state index contributed by atoms with van der Waals surface area (Å²) in [7, 11) is 0. The van der Waals surface area contributed by atoms with E-state index >= 15 is 0 Å². The molecule has 1 amide bonds. The summed E-state index contributed by atoms with van der Waals surface area (Å²) in [6.45, 7) is 6.22. The van der Waals surface area contributed by atoms with Gasteiger partial charge in [0, 0.05) is 30.6 Å². The molecule has 0 atom stereocenters. The summed E-state index contributed by atoms with van der Waals surface area (Å²) >= 11 is 0. The van der Waals surface area contributed by atoms with E-state index in [2.05, 4.69) is 20.9 Å². The topological polar surface area (TPSA) is 91.8 Å². The summed E-state index contributed by atoms with van der Waals surface area (Å²) in [5.41, 5.74) is 1.98. The number of carbonyl (C=O) groups excluding carboxylic acids is 1. The Morgan fingerprint density at radius 2 is 1.86 bits per heavy atom. The van der Waals surface area contributed by atoms with Crippen molar-refractivity contribution >= 4 is 46.8 Å². The fraction of sp³-hybridized carbons (Fsp3) is 0.300. The second-order valence-electron chi connectivity index (χ2n) is 6.00. The van der Waals surface area contributed by atoms with Crippen LogP contribution in [-0.4, -0.2) is 31.5 Å². The SMILES string of the molecule is CCNC(=NCc1oc2ccccc2c1C)NCCNC(=O)c1ccco1.I. The van der Waals surface area contributed by atoms with Gasteiger partial charge in [0.25, 0.3) is 5.91 Å². The quantitative estimate of drug-likeness (QED) is 0.202. The number of halogens is 1. The number of amides is 1. The highest BCUT2D eigenvalue weighted by Gasteiger charge is 2.10. The van der Waals surface area contributed by atoms with Crippen LogP contribution in [-0.2, 0) is 6.54 Å². The number of rotatable bonds is 7. The standard InChI is InChI=1S/C20H24N4O3.HI/c1-3-21-20(23-11-10-22-19(25)17-9-6-12-26-17)24-13-18-14(2)15-7-4-5-8-16(15)27-18;/h4-9,12H,3,10-11,13H2,1-2H3,(H,22,25)(H2,21,23,24);1H. The molecule has 7 nitrogen and oxygen atoms in total. The van der Waals surface area contributed by atoms with Crippen LogP contribution in [0.25, 0.3) is 11.0 Å². The predicted octanol–water partition coefficient (Wildman–Crippen LogP) is 3.44. The zero-order valence-electron chi connectivity index (χ0n) is 16.0. The van der Waals surface area contributed by atoms with Gasteiger partial charge in [0.1, 0.15) is 17.9 Å². The van der Waals surface area contributed by atoms with E-state index in [-0.39, 0.29) is 29.9 Å². The minimum atomic E-state index is -0.235. The molecule has 3 N–H and O–H groups in total. The molecule has 2 heterocycles. The number of nitrogens with zero attached hydrogens (tertiary/aromatic N) is 1. The van der Waals surface area contributed by atoms with Gasteiger partial charge in [-0.15, -0.1) is 24.0 Å². The molecule has 0 radical (unpaired) electrons. The van der Waals surface area contributed by atoms with Crippen molar-refractivity contribution < 1.29 is 13.6 Å². The number of guanidine groups is 1. The lowest BCUT2D eigenvalue weighted by molar-refractivity contribution is 0.0926. The Balaban J connectivity index is 0.00000280. The first kappa shape index (κ1) is 21.8. The summed E-state index contributed by atoms with van der Waals surface area (Å²) in [5.74, 6) is 1.58. The number of fused-ring (bicyclic) bond motifs is 1. The first-order chi connectivity index (χ1) is 13.2. The van der Waals surface area contributed by atoms with Crippen molar-refractivity contribution in [2.24, 2.45) is 4.99 Å². The minimum Gasteiger partial charge on any atom is -0.459 e. The van der Waals surface area contributed by atoms with Gasteiger partial charge >= 0.3 is 0 Å². The van der Waals surface area contributed by atoms with Crippen molar-refractivity contribution in [1.29, 1.82) is 0 Å². The monoisotopic (exact) mass is 496 g/mol. The molecule has 3 rings (SSSR count). The van der Waals surface area contributed by atoms with Crippen LogP contribution < -0.4 is 16.0 Å². The van der Waals surface area contributed by atoms with Gasteiger partial charge in [-0.1, -0.05) is 18.2 Å². The van der Waals surface area contributed by atoms with Gasteiger partial charge in [0.15, 0.2) is 11.7 Å². The Morgan fingerprint density at radius 3 is 2.57 bits per heavy atom. The van der Waals surface area contributed by atoms with Gasteiger partial charge in [0.2, 0.25) is 0 Å². The molecular formula is C20H25IN4O3. The van der Waals surface area contributed by atoms with Gasteiger partial charge in [-0.3, -0.25) is 4.79 Å². The zero-order valence-corrected chi connectivity index (χ0v) is 18.3. The molecule has 3 aromatic rings. The first-order valence-corrected chi connectivity index (χ1v) is 9.00. The molecule has 0 saturated heterocycles. The molecule has 1 aromatic carbocycles. The zero-order chi connectivity index (χ0) is 19.1. The number of benzene rings is 1. The summed E-state index contributed by atoms with van der Waals surface area (Å²) in [6.07, 6.45) is 1.48. The smallest absolute Gasteiger partial charge is 0.287 e. The fourth-order valence-electron chi connectivity index (χ4n) is 2.72. The van der Waals surface area contributed by atoms with Crippen molar-refractivity contribution in [2.45, 2.75) is 20.4 Å². The van der Waals surface area contributed by atoms with E-state index < -0.39 is 0 Å². The molecule has 2 aromatic heterocycles.